The lowest BCUT2D eigenvalue weighted by Gasteiger charge is -2.27. The van der Waals surface area contributed by atoms with Gasteiger partial charge in [-0.15, -0.1) is 0 Å². The van der Waals surface area contributed by atoms with Gasteiger partial charge < -0.3 is 19.7 Å². The van der Waals surface area contributed by atoms with Gasteiger partial charge in [-0.1, -0.05) is 6.07 Å². The van der Waals surface area contributed by atoms with E-state index in [2.05, 4.69) is 10.7 Å². The zero-order chi connectivity index (χ0) is 22.0. The Labute approximate surface area is 171 Å². The predicted molar refractivity (Wildman–Crippen MR) is 109 cm³/mol. The molecule has 0 bridgehead atoms. The highest BCUT2D eigenvalue weighted by Crippen LogP contribution is 2.26. The first-order valence-electron chi connectivity index (χ1n) is 9.55. The molecule has 0 aliphatic heterocycles. The lowest BCUT2D eigenvalue weighted by molar-refractivity contribution is -0.108. The van der Waals surface area contributed by atoms with Crippen molar-refractivity contribution in [2.75, 3.05) is 11.9 Å². The number of nitrogens with zero attached hydrogens (tertiary/aromatic N) is 1. The summed E-state index contributed by atoms with van der Waals surface area (Å²) in [6.07, 6.45) is 0.821. The quantitative estimate of drug-likeness (QED) is 0.264. The number of amides is 2. The zero-order valence-corrected chi connectivity index (χ0v) is 17.4. The number of ether oxygens (including phenoxy) is 1. The van der Waals surface area contributed by atoms with Gasteiger partial charge in [0.05, 0.1) is 5.69 Å². The molecule has 0 aliphatic rings. The van der Waals surface area contributed by atoms with Crippen LogP contribution in [0, 0.1) is 0 Å². The molecule has 0 unspecified atom stereocenters. The van der Waals surface area contributed by atoms with E-state index in [1.54, 1.807) is 39.8 Å². The van der Waals surface area contributed by atoms with Crippen LogP contribution in [0.15, 0.2) is 18.2 Å². The minimum absolute atomic E-state index is 0.0127. The summed E-state index contributed by atoms with van der Waals surface area (Å²) in [5.41, 5.74) is 3.02. The molecule has 1 rings (SSSR count). The second kappa shape index (κ2) is 11.3. The number of hydrogen-bond donors (Lipinski definition) is 4. The Morgan fingerprint density at radius 3 is 2.59 bits per heavy atom. The summed E-state index contributed by atoms with van der Waals surface area (Å²) < 4.78 is 5.23. The fourth-order valence-corrected chi connectivity index (χ4v) is 2.71. The number of hydrazine groups is 1. The highest BCUT2D eigenvalue weighted by atomic mass is 16.6. The molecular formula is C20H31N3O6. The van der Waals surface area contributed by atoms with Crippen LogP contribution in [0.25, 0.3) is 0 Å². The molecule has 2 amide bonds. The van der Waals surface area contributed by atoms with Crippen molar-refractivity contribution in [3.63, 3.8) is 0 Å². The standard InChI is InChI=1S/C20H31N3O6/c1-14(8-5-6-13-24)23(19(27)28)21-12-11-15-16(9-7-10-17(15)25)22-18(26)29-20(2,3)4/h7,9-10,13-14,21,25H,5-6,8,11-12H2,1-4H3,(H,22,26)(H,27,28)/t14-/m0/s1. The number of rotatable bonds is 10. The number of carbonyl (C=O) groups is 3. The Balaban J connectivity index is 2.76. The minimum Gasteiger partial charge on any atom is -0.508 e. The largest absolute Gasteiger partial charge is 0.508 e. The molecule has 0 fully saturated rings. The van der Waals surface area contributed by atoms with Gasteiger partial charge >= 0.3 is 12.2 Å². The second-order valence-electron chi connectivity index (χ2n) is 7.69. The van der Waals surface area contributed by atoms with Crippen LogP contribution in [0.5, 0.6) is 5.75 Å². The molecule has 0 saturated heterocycles. The summed E-state index contributed by atoms with van der Waals surface area (Å²) in [5.74, 6) is -0.0127. The zero-order valence-electron chi connectivity index (χ0n) is 17.4. The van der Waals surface area contributed by atoms with Gasteiger partial charge in [-0.3, -0.25) is 5.32 Å². The first kappa shape index (κ1) is 24.2. The molecule has 1 aromatic carbocycles. The number of hydrogen-bond acceptors (Lipinski definition) is 6. The Morgan fingerprint density at radius 2 is 2.00 bits per heavy atom. The van der Waals surface area contributed by atoms with E-state index in [4.69, 9.17) is 4.74 Å². The summed E-state index contributed by atoms with van der Waals surface area (Å²) in [6.45, 7) is 7.20. The third-order valence-electron chi connectivity index (χ3n) is 4.03. The van der Waals surface area contributed by atoms with Crippen molar-refractivity contribution < 1.29 is 29.3 Å². The van der Waals surface area contributed by atoms with Gasteiger partial charge in [0, 0.05) is 24.6 Å². The Morgan fingerprint density at radius 1 is 1.31 bits per heavy atom. The first-order chi connectivity index (χ1) is 13.5. The summed E-state index contributed by atoms with van der Waals surface area (Å²) in [4.78, 5) is 34.0. The van der Waals surface area contributed by atoms with E-state index in [0.29, 0.717) is 30.5 Å². The molecule has 4 N–H and O–H groups in total. The molecule has 0 aromatic heterocycles. The van der Waals surface area contributed by atoms with Crippen LogP contribution in [0.2, 0.25) is 0 Å². The third-order valence-corrected chi connectivity index (χ3v) is 4.03. The molecule has 0 radical (unpaired) electrons. The number of benzene rings is 1. The van der Waals surface area contributed by atoms with Gasteiger partial charge in [0.25, 0.3) is 0 Å². The fourth-order valence-electron chi connectivity index (χ4n) is 2.71. The summed E-state index contributed by atoms with van der Waals surface area (Å²) >= 11 is 0. The van der Waals surface area contributed by atoms with E-state index < -0.39 is 17.8 Å². The average molecular weight is 409 g/mol. The average Bonchev–Trinajstić information content (AvgIpc) is 2.58. The SMILES string of the molecule is C[C@@H](CCCC=O)N(NCCc1c(O)cccc1NC(=O)OC(C)(C)C)C(=O)O. The molecule has 0 saturated carbocycles. The number of carbonyl (C=O) groups excluding carboxylic acids is 2. The van der Waals surface area contributed by atoms with Crippen LogP contribution in [0.4, 0.5) is 15.3 Å². The summed E-state index contributed by atoms with van der Waals surface area (Å²) in [5, 5.41) is 23.3. The molecule has 0 aliphatic carbocycles. The maximum Gasteiger partial charge on any atom is 0.422 e. The topological polar surface area (TPSA) is 128 Å². The normalized spacial score (nSPS) is 12.1. The number of aromatic hydroxyl groups is 1. The molecule has 9 heteroatoms. The fraction of sp³-hybridized carbons (Fsp3) is 0.550. The smallest absolute Gasteiger partial charge is 0.422 e. The van der Waals surface area contributed by atoms with Crippen molar-refractivity contribution in [2.45, 2.75) is 65.0 Å². The highest BCUT2D eigenvalue weighted by molar-refractivity contribution is 5.86. The summed E-state index contributed by atoms with van der Waals surface area (Å²) in [7, 11) is 0. The van der Waals surface area contributed by atoms with E-state index in [1.807, 2.05) is 0 Å². The highest BCUT2D eigenvalue weighted by Gasteiger charge is 2.20. The van der Waals surface area contributed by atoms with E-state index in [0.717, 1.165) is 11.3 Å². The van der Waals surface area contributed by atoms with Crippen LogP contribution in [0.3, 0.4) is 0 Å². The van der Waals surface area contributed by atoms with Gasteiger partial charge in [0.2, 0.25) is 0 Å². The van der Waals surface area contributed by atoms with Crippen LogP contribution in [-0.2, 0) is 16.0 Å². The number of nitrogens with one attached hydrogen (secondary N) is 2. The van der Waals surface area contributed by atoms with Gasteiger partial charge in [0.15, 0.2) is 0 Å². The minimum atomic E-state index is -1.13. The molecule has 162 valence electrons. The molecule has 29 heavy (non-hydrogen) atoms. The Bertz CT molecular complexity index is 702. The van der Waals surface area contributed by atoms with Gasteiger partial charge in [-0.05, 0) is 59.1 Å². The van der Waals surface area contributed by atoms with Crippen LogP contribution < -0.4 is 10.7 Å². The van der Waals surface area contributed by atoms with E-state index in [9.17, 15) is 24.6 Å². The lowest BCUT2D eigenvalue weighted by Crippen LogP contribution is -2.48. The molecular weight excluding hydrogens is 378 g/mol. The van der Waals surface area contributed by atoms with E-state index >= 15 is 0 Å². The van der Waals surface area contributed by atoms with Gasteiger partial charge in [-0.2, -0.15) is 0 Å². The number of phenols is 1. The number of anilines is 1. The molecule has 0 heterocycles. The molecule has 1 aromatic rings. The Hall–Kier alpha value is -2.81. The van der Waals surface area contributed by atoms with Crippen molar-refractivity contribution in [1.82, 2.24) is 10.4 Å². The van der Waals surface area contributed by atoms with Crippen molar-refractivity contribution in [1.29, 1.82) is 0 Å². The number of aldehydes is 1. The van der Waals surface area contributed by atoms with E-state index in [-0.39, 0.29) is 24.8 Å². The molecule has 9 nitrogen and oxygen atoms in total. The first-order valence-corrected chi connectivity index (χ1v) is 9.55. The second-order valence-corrected chi connectivity index (χ2v) is 7.69. The van der Waals surface area contributed by atoms with Gasteiger partial charge in [-0.25, -0.2) is 20.0 Å². The molecule has 1 atom stereocenters. The van der Waals surface area contributed by atoms with Crippen LogP contribution in [-0.4, -0.2) is 51.9 Å². The Kier molecular flexibility index (Phi) is 9.40. The monoisotopic (exact) mass is 409 g/mol. The number of phenolic OH excluding ortho intramolecular Hbond substituents is 1. The van der Waals surface area contributed by atoms with Crippen LogP contribution in [0.1, 0.15) is 52.5 Å². The molecule has 0 spiro atoms. The summed E-state index contributed by atoms with van der Waals surface area (Å²) in [6, 6.07) is 4.40. The van der Waals surface area contributed by atoms with E-state index in [1.165, 1.54) is 6.07 Å². The number of unbranched alkanes of at least 4 members (excludes halogenated alkanes) is 1. The maximum absolute atomic E-state index is 12.0. The third kappa shape index (κ3) is 8.82. The lowest BCUT2D eigenvalue weighted by atomic mass is 10.1. The number of carboxylic acid groups (broad SMARTS) is 1. The van der Waals surface area contributed by atoms with Crippen molar-refractivity contribution in [3.8, 4) is 5.75 Å². The predicted octanol–water partition coefficient (Wildman–Crippen LogP) is 3.52. The van der Waals surface area contributed by atoms with Crippen molar-refractivity contribution in [2.24, 2.45) is 0 Å². The van der Waals surface area contributed by atoms with Crippen LogP contribution >= 0.6 is 0 Å². The van der Waals surface area contributed by atoms with Crippen molar-refractivity contribution in [3.05, 3.63) is 23.8 Å². The maximum atomic E-state index is 12.0. The van der Waals surface area contributed by atoms with Gasteiger partial charge in [0.1, 0.15) is 17.6 Å². The van der Waals surface area contributed by atoms with Crippen molar-refractivity contribution >= 4 is 24.2 Å².